The molecule has 0 bridgehead atoms. The number of carbonyl (C=O) groups excluding carboxylic acids is 2. The van der Waals surface area contributed by atoms with Crippen molar-refractivity contribution < 1.29 is 14.7 Å². The van der Waals surface area contributed by atoms with Gasteiger partial charge in [0.2, 0.25) is 11.8 Å². The molecular formula is C22H48N2O3. The number of aliphatic hydroxyl groups is 1. The quantitative estimate of drug-likeness (QED) is 0.559. The van der Waals surface area contributed by atoms with E-state index in [-0.39, 0.29) is 25.0 Å². The van der Waals surface area contributed by atoms with Gasteiger partial charge in [-0.3, -0.25) is 9.59 Å². The third-order valence-corrected chi connectivity index (χ3v) is 4.17. The van der Waals surface area contributed by atoms with Crippen LogP contribution in [-0.4, -0.2) is 48.1 Å². The molecule has 27 heavy (non-hydrogen) atoms. The van der Waals surface area contributed by atoms with E-state index in [0.29, 0.717) is 25.4 Å². The second-order valence-corrected chi connectivity index (χ2v) is 5.95. The summed E-state index contributed by atoms with van der Waals surface area (Å²) < 4.78 is 0. The van der Waals surface area contributed by atoms with Crippen LogP contribution in [0.25, 0.3) is 0 Å². The molecule has 5 heteroatoms. The van der Waals surface area contributed by atoms with E-state index in [9.17, 15) is 9.59 Å². The van der Waals surface area contributed by atoms with Crippen LogP contribution in [0.15, 0.2) is 0 Å². The molecule has 0 atom stereocenters. The summed E-state index contributed by atoms with van der Waals surface area (Å²) in [5.41, 5.74) is 0. The summed E-state index contributed by atoms with van der Waals surface area (Å²) in [5, 5.41) is 11.8. The zero-order chi connectivity index (χ0) is 21.5. The molecule has 5 nitrogen and oxygen atoms in total. The highest BCUT2D eigenvalue weighted by atomic mass is 16.3. The fraction of sp³-hybridized carbons (Fsp3) is 0.909. The number of carbonyl (C=O) groups is 2. The van der Waals surface area contributed by atoms with Crippen LogP contribution in [0.4, 0.5) is 0 Å². The second kappa shape index (κ2) is 24.9. The van der Waals surface area contributed by atoms with Gasteiger partial charge >= 0.3 is 0 Å². The van der Waals surface area contributed by atoms with Crippen molar-refractivity contribution >= 4 is 11.8 Å². The molecule has 0 aromatic rings. The van der Waals surface area contributed by atoms with Crippen molar-refractivity contribution in [1.82, 2.24) is 10.2 Å². The molecule has 1 rings (SSSR count). The highest BCUT2D eigenvalue weighted by Gasteiger charge is 2.22. The number of hydrogen-bond acceptors (Lipinski definition) is 3. The van der Waals surface area contributed by atoms with Crippen molar-refractivity contribution in [3.63, 3.8) is 0 Å². The number of piperidine rings is 1. The Bertz CT molecular complexity index is 315. The number of aliphatic hydroxyl groups excluding tert-OH is 1. The highest BCUT2D eigenvalue weighted by molar-refractivity contribution is 5.84. The lowest BCUT2D eigenvalue weighted by atomic mass is 9.98. The van der Waals surface area contributed by atoms with Crippen LogP contribution in [-0.2, 0) is 9.59 Å². The third-order valence-electron chi connectivity index (χ3n) is 4.17. The minimum absolute atomic E-state index is 0.00859. The van der Waals surface area contributed by atoms with Gasteiger partial charge in [0.1, 0.15) is 0 Å². The first-order valence-electron chi connectivity index (χ1n) is 11.3. The standard InChI is InChI=1S/C16H30N2O3.3C2H6/c1-2-3-4-5-6-7-15(20)17-12-16(21)18-10-8-14(13-19)9-11-18;3*1-2/h14,19H,2-13H2,1H3,(H,17,20);3*1-2H3. The molecule has 2 N–H and O–H groups in total. The summed E-state index contributed by atoms with van der Waals surface area (Å²) in [6.45, 7) is 15.9. The first-order valence-corrected chi connectivity index (χ1v) is 11.3. The van der Waals surface area contributed by atoms with Crippen LogP contribution in [0, 0.1) is 5.92 Å². The Morgan fingerprint density at radius 1 is 0.926 bits per heavy atom. The van der Waals surface area contributed by atoms with Crippen LogP contribution in [0.5, 0.6) is 0 Å². The molecule has 2 amide bonds. The van der Waals surface area contributed by atoms with Crippen LogP contribution in [0.1, 0.15) is 99.8 Å². The number of hydrogen-bond donors (Lipinski definition) is 2. The number of unbranched alkanes of at least 4 members (excludes halogenated alkanes) is 4. The molecule has 0 aromatic carbocycles. The van der Waals surface area contributed by atoms with E-state index < -0.39 is 0 Å². The number of nitrogens with zero attached hydrogens (tertiary/aromatic N) is 1. The van der Waals surface area contributed by atoms with Crippen molar-refractivity contribution in [2.45, 2.75) is 99.8 Å². The predicted molar refractivity (Wildman–Crippen MR) is 117 cm³/mol. The molecule has 0 spiro atoms. The molecule has 1 fully saturated rings. The van der Waals surface area contributed by atoms with Gasteiger partial charge in [-0.1, -0.05) is 74.1 Å². The number of amides is 2. The van der Waals surface area contributed by atoms with Crippen LogP contribution >= 0.6 is 0 Å². The molecule has 1 aliphatic heterocycles. The van der Waals surface area contributed by atoms with E-state index in [1.54, 1.807) is 4.90 Å². The molecule has 0 saturated carbocycles. The van der Waals surface area contributed by atoms with Crippen LogP contribution in [0.3, 0.4) is 0 Å². The lowest BCUT2D eigenvalue weighted by Crippen LogP contribution is -2.44. The predicted octanol–water partition coefficient (Wildman–Crippen LogP) is 4.77. The summed E-state index contributed by atoms with van der Waals surface area (Å²) in [4.78, 5) is 25.4. The minimum Gasteiger partial charge on any atom is -0.396 e. The lowest BCUT2D eigenvalue weighted by molar-refractivity contribution is -0.134. The summed E-state index contributed by atoms with van der Waals surface area (Å²) >= 11 is 0. The van der Waals surface area contributed by atoms with E-state index in [4.69, 9.17) is 5.11 Å². The van der Waals surface area contributed by atoms with Crippen LogP contribution in [0.2, 0.25) is 0 Å². The monoisotopic (exact) mass is 388 g/mol. The molecule has 1 aliphatic rings. The summed E-state index contributed by atoms with van der Waals surface area (Å²) in [6, 6.07) is 0. The van der Waals surface area contributed by atoms with Gasteiger partial charge in [0.05, 0.1) is 6.54 Å². The van der Waals surface area contributed by atoms with Crippen molar-refractivity contribution in [3.05, 3.63) is 0 Å². The van der Waals surface area contributed by atoms with Crippen molar-refractivity contribution in [2.75, 3.05) is 26.2 Å². The normalized spacial score (nSPS) is 13.1. The Hall–Kier alpha value is -1.10. The van der Waals surface area contributed by atoms with Crippen molar-refractivity contribution in [1.29, 1.82) is 0 Å². The second-order valence-electron chi connectivity index (χ2n) is 5.95. The number of nitrogens with one attached hydrogen (secondary N) is 1. The van der Waals surface area contributed by atoms with Gasteiger partial charge in [0.15, 0.2) is 0 Å². The van der Waals surface area contributed by atoms with Crippen LogP contribution < -0.4 is 5.32 Å². The van der Waals surface area contributed by atoms with Gasteiger partial charge in [0.25, 0.3) is 0 Å². The maximum absolute atomic E-state index is 12.0. The molecule has 0 unspecified atom stereocenters. The average molecular weight is 389 g/mol. The first kappa shape index (κ1) is 30.6. The molecule has 0 aromatic heterocycles. The van der Waals surface area contributed by atoms with Gasteiger partial charge in [-0.05, 0) is 25.2 Å². The molecule has 164 valence electrons. The Balaban J connectivity index is -0.000000869. The molecular weight excluding hydrogens is 340 g/mol. The molecule has 1 heterocycles. The van der Waals surface area contributed by atoms with Crippen molar-refractivity contribution in [3.8, 4) is 0 Å². The van der Waals surface area contributed by atoms with Crippen molar-refractivity contribution in [2.24, 2.45) is 5.92 Å². The fourth-order valence-electron chi connectivity index (χ4n) is 2.63. The molecule has 0 radical (unpaired) electrons. The molecule has 0 aliphatic carbocycles. The third kappa shape index (κ3) is 18.0. The summed E-state index contributed by atoms with van der Waals surface area (Å²) in [5.74, 6) is 0.294. The lowest BCUT2D eigenvalue weighted by Gasteiger charge is -2.31. The highest BCUT2D eigenvalue weighted by Crippen LogP contribution is 2.16. The number of likely N-dealkylation sites (tertiary alicyclic amines) is 1. The van der Waals surface area contributed by atoms with E-state index in [1.165, 1.54) is 19.3 Å². The van der Waals surface area contributed by atoms with E-state index in [1.807, 2.05) is 41.5 Å². The van der Waals surface area contributed by atoms with E-state index in [2.05, 4.69) is 12.2 Å². The zero-order valence-corrected chi connectivity index (χ0v) is 19.3. The smallest absolute Gasteiger partial charge is 0.241 e. The zero-order valence-electron chi connectivity index (χ0n) is 19.3. The summed E-state index contributed by atoms with van der Waals surface area (Å²) in [6.07, 6.45) is 7.83. The Labute approximate surface area is 169 Å². The van der Waals surface area contributed by atoms with Gasteiger partial charge in [-0.15, -0.1) is 0 Å². The average Bonchev–Trinajstić information content (AvgIpc) is 2.76. The van der Waals surface area contributed by atoms with E-state index in [0.717, 1.165) is 25.7 Å². The van der Waals surface area contributed by atoms with Gasteiger partial charge in [-0.25, -0.2) is 0 Å². The maximum Gasteiger partial charge on any atom is 0.241 e. The van der Waals surface area contributed by atoms with Gasteiger partial charge in [-0.2, -0.15) is 0 Å². The first-order chi connectivity index (χ1) is 13.2. The SMILES string of the molecule is CC.CC.CC.CCCCCCCC(=O)NCC(=O)N1CCC(CO)CC1. The fourth-order valence-corrected chi connectivity index (χ4v) is 2.63. The Morgan fingerprint density at radius 3 is 1.93 bits per heavy atom. The maximum atomic E-state index is 12.0. The molecule has 1 saturated heterocycles. The Kier molecular flexibility index (Phi) is 28.2. The van der Waals surface area contributed by atoms with Gasteiger partial charge < -0.3 is 15.3 Å². The van der Waals surface area contributed by atoms with Gasteiger partial charge in [0, 0.05) is 26.1 Å². The minimum atomic E-state index is -0.0231. The topological polar surface area (TPSA) is 69.6 Å². The summed E-state index contributed by atoms with van der Waals surface area (Å²) in [7, 11) is 0. The number of rotatable bonds is 9. The Morgan fingerprint density at radius 2 is 1.44 bits per heavy atom. The largest absolute Gasteiger partial charge is 0.396 e. The van der Waals surface area contributed by atoms with E-state index >= 15 is 0 Å².